The van der Waals surface area contributed by atoms with E-state index in [1.807, 2.05) is 6.07 Å². The van der Waals surface area contributed by atoms with E-state index in [-0.39, 0.29) is 41.1 Å². The van der Waals surface area contributed by atoms with Gasteiger partial charge in [-0.2, -0.15) is 45.5 Å². The molecule has 1 aliphatic heterocycles. The van der Waals surface area contributed by atoms with Gasteiger partial charge in [-0.1, -0.05) is 17.7 Å². The Balaban J connectivity index is 1.64. The predicted octanol–water partition coefficient (Wildman–Crippen LogP) is 6.16. The van der Waals surface area contributed by atoms with Crippen LogP contribution in [-0.2, 0) is 26.4 Å². The van der Waals surface area contributed by atoms with Crippen LogP contribution in [0.5, 0.6) is 0 Å². The van der Waals surface area contributed by atoms with Crippen LogP contribution in [0.2, 0.25) is 5.02 Å². The SMILES string of the molecule is CN1CC(c2ccc(Cl)c(C(=O)N(COC(=O)OCC(C)(C)C(=O)O)C3(C#N)CC3)c2)=CN1c1n[nH]c(C(F)(F)C(F)(F)F)c1C(F)(F)F. The van der Waals surface area contributed by atoms with Crippen LogP contribution in [-0.4, -0.2) is 81.9 Å². The molecule has 49 heavy (non-hydrogen) atoms. The smallest absolute Gasteiger partial charge is 0.481 e. The summed E-state index contributed by atoms with van der Waals surface area (Å²) in [6, 6.07) is 5.74. The van der Waals surface area contributed by atoms with Crippen LogP contribution in [0.3, 0.4) is 0 Å². The van der Waals surface area contributed by atoms with Crippen molar-refractivity contribution in [2.45, 2.75) is 50.5 Å². The first kappa shape index (κ1) is 37.2. The summed E-state index contributed by atoms with van der Waals surface area (Å²) in [7, 11) is 1.20. The van der Waals surface area contributed by atoms with E-state index in [4.69, 9.17) is 21.1 Å². The molecule has 0 bridgehead atoms. The van der Waals surface area contributed by atoms with E-state index >= 15 is 0 Å². The number of carbonyl (C=O) groups is 3. The number of carbonyl (C=O) groups excluding carboxylic acids is 2. The number of hydrazine groups is 1. The van der Waals surface area contributed by atoms with Gasteiger partial charge in [-0.15, -0.1) is 0 Å². The van der Waals surface area contributed by atoms with E-state index in [2.05, 4.69) is 5.10 Å². The number of amides is 1. The van der Waals surface area contributed by atoms with E-state index in [1.54, 1.807) is 0 Å². The summed E-state index contributed by atoms with van der Waals surface area (Å²) in [5.74, 6) is -9.42. The summed E-state index contributed by atoms with van der Waals surface area (Å²) in [5.41, 5.74) is -7.70. The number of H-pyrrole nitrogens is 1. The molecular formula is C28H25ClF8N6O6. The van der Waals surface area contributed by atoms with Crippen molar-refractivity contribution in [2.24, 2.45) is 5.41 Å². The number of hydrogen-bond acceptors (Lipinski definition) is 9. The lowest BCUT2D eigenvalue weighted by atomic mass is 9.95. The van der Waals surface area contributed by atoms with Gasteiger partial charge in [0.2, 0.25) is 0 Å². The Morgan fingerprint density at radius 3 is 2.29 bits per heavy atom. The van der Waals surface area contributed by atoms with Crippen LogP contribution in [0.15, 0.2) is 24.4 Å². The molecule has 0 spiro atoms. The number of nitrogens with one attached hydrogen (secondary N) is 1. The second-order valence-corrected chi connectivity index (χ2v) is 12.2. The number of benzene rings is 1. The molecule has 1 aromatic heterocycles. The van der Waals surface area contributed by atoms with Gasteiger partial charge < -0.3 is 14.6 Å². The molecule has 12 nitrogen and oxygen atoms in total. The summed E-state index contributed by atoms with van der Waals surface area (Å²) in [6.45, 7) is 0.919. The molecule has 1 aliphatic carbocycles. The summed E-state index contributed by atoms with van der Waals surface area (Å²) in [5, 5.41) is 24.7. The number of ether oxygens (including phenoxy) is 2. The van der Waals surface area contributed by atoms with E-state index in [0.717, 1.165) is 16.1 Å². The molecule has 0 saturated heterocycles. The molecular weight excluding hydrogens is 704 g/mol. The van der Waals surface area contributed by atoms with Crippen molar-refractivity contribution < 1.29 is 64.1 Å². The summed E-state index contributed by atoms with van der Waals surface area (Å²) >= 11 is 6.29. The highest BCUT2D eigenvalue weighted by molar-refractivity contribution is 6.34. The zero-order valence-electron chi connectivity index (χ0n) is 25.5. The Morgan fingerprint density at radius 2 is 1.76 bits per heavy atom. The number of nitrogens with zero attached hydrogens (tertiary/aromatic N) is 5. The zero-order valence-corrected chi connectivity index (χ0v) is 26.2. The second kappa shape index (κ2) is 12.7. The van der Waals surface area contributed by atoms with Gasteiger partial charge in [-0.3, -0.25) is 24.6 Å². The van der Waals surface area contributed by atoms with Crippen molar-refractivity contribution in [3.63, 3.8) is 0 Å². The number of anilines is 1. The molecule has 266 valence electrons. The predicted molar refractivity (Wildman–Crippen MR) is 151 cm³/mol. The quantitative estimate of drug-likeness (QED) is 0.165. The second-order valence-electron chi connectivity index (χ2n) is 11.8. The Morgan fingerprint density at radius 1 is 1.12 bits per heavy atom. The van der Waals surface area contributed by atoms with Gasteiger partial charge in [-0.25, -0.2) is 9.80 Å². The van der Waals surface area contributed by atoms with Crippen LogP contribution >= 0.6 is 11.6 Å². The molecule has 0 radical (unpaired) electrons. The fourth-order valence-corrected chi connectivity index (χ4v) is 4.76. The zero-order chi connectivity index (χ0) is 36.9. The number of aliphatic carboxylic acids is 1. The van der Waals surface area contributed by atoms with E-state index in [1.165, 1.54) is 44.2 Å². The van der Waals surface area contributed by atoms with Gasteiger partial charge in [0, 0.05) is 19.8 Å². The van der Waals surface area contributed by atoms with Gasteiger partial charge in [0.05, 0.1) is 22.1 Å². The van der Waals surface area contributed by atoms with Gasteiger partial charge in [0.25, 0.3) is 5.91 Å². The van der Waals surface area contributed by atoms with E-state index < -0.39 is 77.7 Å². The number of carboxylic acids is 1. The minimum Gasteiger partial charge on any atom is -0.481 e. The first-order valence-electron chi connectivity index (χ1n) is 13.8. The molecule has 0 unspecified atom stereocenters. The molecule has 2 aromatic rings. The van der Waals surface area contributed by atoms with Crippen LogP contribution in [0, 0.1) is 16.7 Å². The maximum absolute atomic E-state index is 14.1. The number of aromatic amines is 1. The number of halogens is 9. The molecule has 2 N–H and O–H groups in total. The maximum atomic E-state index is 14.1. The molecule has 2 heterocycles. The van der Waals surface area contributed by atoms with Gasteiger partial charge in [0.1, 0.15) is 23.4 Å². The first-order valence-corrected chi connectivity index (χ1v) is 14.2. The van der Waals surface area contributed by atoms with Crippen molar-refractivity contribution in [3.05, 3.63) is 51.8 Å². The van der Waals surface area contributed by atoms with Crippen molar-refractivity contribution in [2.75, 3.05) is 31.9 Å². The van der Waals surface area contributed by atoms with Crippen molar-refractivity contribution >= 4 is 41.0 Å². The third-order valence-corrected chi connectivity index (χ3v) is 7.99. The number of likely N-dealkylation sites (N-methyl/N-ethyl adjacent to an activating group) is 1. The third-order valence-electron chi connectivity index (χ3n) is 7.67. The van der Waals surface area contributed by atoms with E-state index in [9.17, 15) is 59.9 Å². The monoisotopic (exact) mass is 728 g/mol. The lowest BCUT2D eigenvalue weighted by molar-refractivity contribution is -0.292. The normalized spacial score (nSPS) is 16.6. The summed E-state index contributed by atoms with van der Waals surface area (Å²) < 4.78 is 119. The largest absolute Gasteiger partial charge is 0.510 e. The molecule has 1 saturated carbocycles. The molecule has 1 fully saturated rings. The number of alkyl halides is 8. The van der Waals surface area contributed by atoms with Crippen LogP contribution in [0.25, 0.3) is 5.57 Å². The molecule has 1 aromatic carbocycles. The topological polar surface area (TPSA) is 152 Å². The Kier molecular flexibility index (Phi) is 9.62. The molecule has 2 aliphatic rings. The lowest BCUT2D eigenvalue weighted by Crippen LogP contribution is -2.44. The maximum Gasteiger partial charge on any atom is 0.510 e. The average molecular weight is 729 g/mol. The van der Waals surface area contributed by atoms with Crippen LogP contribution in [0.4, 0.5) is 45.7 Å². The molecule has 4 rings (SSSR count). The number of nitriles is 1. The average Bonchev–Trinajstić information content (AvgIpc) is 3.47. The third kappa shape index (κ3) is 7.22. The van der Waals surface area contributed by atoms with E-state index in [0.29, 0.717) is 5.01 Å². The van der Waals surface area contributed by atoms with Crippen molar-refractivity contribution in [3.8, 4) is 6.07 Å². The van der Waals surface area contributed by atoms with Gasteiger partial charge in [-0.05, 0) is 50.0 Å². The molecule has 21 heteroatoms. The highest BCUT2D eigenvalue weighted by atomic mass is 35.5. The number of rotatable bonds is 10. The Hall–Kier alpha value is -4.64. The Bertz CT molecular complexity index is 1730. The van der Waals surface area contributed by atoms with Gasteiger partial charge >= 0.3 is 30.4 Å². The van der Waals surface area contributed by atoms with Gasteiger partial charge in [0.15, 0.2) is 12.5 Å². The molecule has 0 atom stereocenters. The van der Waals surface area contributed by atoms with Crippen molar-refractivity contribution in [1.82, 2.24) is 20.1 Å². The highest BCUT2D eigenvalue weighted by Crippen LogP contribution is 2.50. The highest BCUT2D eigenvalue weighted by Gasteiger charge is 2.63. The number of aromatic nitrogens is 2. The minimum absolute atomic E-state index is 0.141. The minimum atomic E-state index is -6.37. The first-order chi connectivity index (χ1) is 22.5. The van der Waals surface area contributed by atoms with Crippen LogP contribution in [0.1, 0.15) is 53.9 Å². The number of carboxylic acid groups (broad SMARTS) is 1. The van der Waals surface area contributed by atoms with Crippen molar-refractivity contribution in [1.29, 1.82) is 5.26 Å². The standard InChI is InChI=1S/C28H25ClF8N6O6/c1-24(2,22(45)46)12-48-23(47)49-13-42(25(11-38)6-7-25)21(44)16-8-14(4-5-17(16)29)15-9-41(3)43(10-15)20-18(27(32,33)34)19(39-40-20)26(30,31)28(35,36)37/h4-5,8,10H,6-7,9,12-13H2,1-3H3,(H,39,40)(H,45,46). The lowest BCUT2D eigenvalue weighted by Gasteiger charge is -2.27. The fraction of sp³-hybridized carbons (Fsp3) is 0.464. The number of hydrogen-bond donors (Lipinski definition) is 2. The Labute approximate surface area is 276 Å². The molecule has 1 amide bonds. The fourth-order valence-electron chi connectivity index (χ4n) is 4.57. The summed E-state index contributed by atoms with van der Waals surface area (Å²) in [6.07, 6.45) is -12.1. The summed E-state index contributed by atoms with van der Waals surface area (Å²) in [4.78, 5) is 38.1. The van der Waals surface area contributed by atoms with Crippen LogP contribution < -0.4 is 5.01 Å².